The van der Waals surface area contributed by atoms with Crippen LogP contribution in [-0.4, -0.2) is 17.4 Å². The highest BCUT2D eigenvalue weighted by molar-refractivity contribution is 4.87. The molecule has 1 N–H and O–H groups in total. The van der Waals surface area contributed by atoms with Gasteiger partial charge in [-0.1, -0.05) is 20.8 Å². The monoisotopic (exact) mass is 174 g/mol. The van der Waals surface area contributed by atoms with Crippen molar-refractivity contribution >= 4 is 0 Å². The molecule has 1 saturated carbocycles. The summed E-state index contributed by atoms with van der Waals surface area (Å²) >= 11 is 0. The zero-order valence-electron chi connectivity index (χ0n) is 8.13. The molecule has 0 saturated heterocycles. The second kappa shape index (κ2) is 3.73. The van der Waals surface area contributed by atoms with Crippen LogP contribution in [0, 0.1) is 17.8 Å². The van der Waals surface area contributed by atoms with Crippen molar-refractivity contribution in [1.29, 1.82) is 0 Å². The Morgan fingerprint density at radius 1 is 1.33 bits per heavy atom. The summed E-state index contributed by atoms with van der Waals surface area (Å²) in [7, 11) is 0. The SMILES string of the molecule is CC(C)[C@@H]1[C@H](O)[C@H](F)CC[C@H]1C. The Bertz CT molecular complexity index is 147. The number of hydrogen-bond donors (Lipinski definition) is 1. The summed E-state index contributed by atoms with van der Waals surface area (Å²) < 4.78 is 13.1. The van der Waals surface area contributed by atoms with Gasteiger partial charge < -0.3 is 5.11 Å². The summed E-state index contributed by atoms with van der Waals surface area (Å²) in [5.74, 6) is 0.995. The lowest BCUT2D eigenvalue weighted by molar-refractivity contribution is -0.0438. The summed E-state index contributed by atoms with van der Waals surface area (Å²) in [6.07, 6.45) is -0.269. The van der Waals surface area contributed by atoms with Crippen LogP contribution in [-0.2, 0) is 0 Å². The van der Waals surface area contributed by atoms with Gasteiger partial charge in [0.05, 0.1) is 6.10 Å². The molecule has 0 bridgehead atoms. The van der Waals surface area contributed by atoms with E-state index < -0.39 is 12.3 Å². The molecule has 0 heterocycles. The molecule has 4 atom stereocenters. The second-order valence-corrected chi connectivity index (χ2v) is 4.38. The molecule has 2 heteroatoms. The maximum absolute atomic E-state index is 13.1. The Hall–Kier alpha value is -0.110. The van der Waals surface area contributed by atoms with Crippen LogP contribution >= 0.6 is 0 Å². The number of aliphatic hydroxyl groups is 1. The first-order chi connectivity index (χ1) is 5.54. The molecular formula is C10H19FO. The van der Waals surface area contributed by atoms with E-state index in [0.29, 0.717) is 18.3 Å². The first kappa shape index (κ1) is 9.97. The predicted molar refractivity (Wildman–Crippen MR) is 47.6 cm³/mol. The standard InChI is InChI=1S/C10H19FO/c1-6(2)9-7(3)4-5-8(11)10(9)12/h6-10,12H,4-5H2,1-3H3/t7-,8-,9+,10-/m1/s1. The van der Waals surface area contributed by atoms with Crippen molar-refractivity contribution < 1.29 is 9.50 Å². The third kappa shape index (κ3) is 1.79. The Morgan fingerprint density at radius 3 is 2.33 bits per heavy atom. The van der Waals surface area contributed by atoms with E-state index in [1.165, 1.54) is 0 Å². The minimum atomic E-state index is -0.992. The van der Waals surface area contributed by atoms with Gasteiger partial charge in [0.2, 0.25) is 0 Å². The fourth-order valence-electron chi connectivity index (χ4n) is 2.41. The molecule has 1 nitrogen and oxygen atoms in total. The van der Waals surface area contributed by atoms with Crippen molar-refractivity contribution in [2.24, 2.45) is 17.8 Å². The maximum Gasteiger partial charge on any atom is 0.126 e. The lowest BCUT2D eigenvalue weighted by Gasteiger charge is -2.38. The molecule has 12 heavy (non-hydrogen) atoms. The van der Waals surface area contributed by atoms with E-state index in [0.717, 1.165) is 6.42 Å². The molecule has 1 rings (SSSR count). The molecule has 0 unspecified atom stereocenters. The Labute approximate surface area is 74.0 Å². The molecule has 1 fully saturated rings. The maximum atomic E-state index is 13.1. The minimum Gasteiger partial charge on any atom is -0.390 e. The smallest absolute Gasteiger partial charge is 0.126 e. The molecule has 0 amide bonds. The summed E-state index contributed by atoms with van der Waals surface area (Å²) in [5, 5.41) is 9.60. The molecule has 0 spiro atoms. The Morgan fingerprint density at radius 2 is 1.92 bits per heavy atom. The average molecular weight is 174 g/mol. The van der Waals surface area contributed by atoms with Crippen LogP contribution in [0.1, 0.15) is 33.6 Å². The van der Waals surface area contributed by atoms with Gasteiger partial charge >= 0.3 is 0 Å². The van der Waals surface area contributed by atoms with Crippen LogP contribution in [0.4, 0.5) is 4.39 Å². The Balaban J connectivity index is 2.65. The summed E-state index contributed by atoms with van der Waals surface area (Å²) in [4.78, 5) is 0. The van der Waals surface area contributed by atoms with E-state index in [-0.39, 0.29) is 5.92 Å². The van der Waals surface area contributed by atoms with Gasteiger partial charge in [-0.2, -0.15) is 0 Å². The molecule has 0 aromatic rings. The minimum absolute atomic E-state index is 0.147. The highest BCUT2D eigenvalue weighted by Crippen LogP contribution is 2.36. The molecule has 0 aromatic carbocycles. The predicted octanol–water partition coefficient (Wildman–Crippen LogP) is 2.39. The van der Waals surface area contributed by atoms with Crippen LogP contribution in [0.25, 0.3) is 0 Å². The van der Waals surface area contributed by atoms with Crippen molar-refractivity contribution in [2.75, 3.05) is 0 Å². The second-order valence-electron chi connectivity index (χ2n) is 4.38. The van der Waals surface area contributed by atoms with Gasteiger partial charge in [-0.3, -0.25) is 0 Å². The number of aliphatic hydroxyl groups excluding tert-OH is 1. The lowest BCUT2D eigenvalue weighted by Crippen LogP contribution is -2.42. The number of hydrogen-bond acceptors (Lipinski definition) is 1. The van der Waals surface area contributed by atoms with Gasteiger partial charge in [-0.15, -0.1) is 0 Å². The third-order valence-electron chi connectivity index (χ3n) is 3.09. The third-order valence-corrected chi connectivity index (χ3v) is 3.09. The molecule has 0 aliphatic heterocycles. The highest BCUT2D eigenvalue weighted by Gasteiger charge is 2.37. The van der Waals surface area contributed by atoms with Crippen LogP contribution in [0.15, 0.2) is 0 Å². The van der Waals surface area contributed by atoms with Gasteiger partial charge in [0.25, 0.3) is 0 Å². The largest absolute Gasteiger partial charge is 0.390 e. The van der Waals surface area contributed by atoms with E-state index in [9.17, 15) is 9.50 Å². The summed E-state index contributed by atoms with van der Waals surface area (Å²) in [5.41, 5.74) is 0. The molecule has 1 aliphatic carbocycles. The van der Waals surface area contributed by atoms with Gasteiger partial charge in [0, 0.05) is 0 Å². The quantitative estimate of drug-likeness (QED) is 0.647. The zero-order chi connectivity index (χ0) is 9.30. The molecule has 0 radical (unpaired) electrons. The van der Waals surface area contributed by atoms with Gasteiger partial charge in [-0.05, 0) is 30.6 Å². The topological polar surface area (TPSA) is 20.2 Å². The fraction of sp³-hybridized carbons (Fsp3) is 1.00. The van der Waals surface area contributed by atoms with E-state index in [4.69, 9.17) is 0 Å². The molecular weight excluding hydrogens is 155 g/mol. The zero-order valence-corrected chi connectivity index (χ0v) is 8.13. The van der Waals surface area contributed by atoms with Crippen LogP contribution in [0.5, 0.6) is 0 Å². The van der Waals surface area contributed by atoms with Crippen molar-refractivity contribution in [2.45, 2.75) is 45.9 Å². The lowest BCUT2D eigenvalue weighted by atomic mass is 9.72. The normalized spacial score (nSPS) is 43.5. The van der Waals surface area contributed by atoms with Crippen molar-refractivity contribution in [1.82, 2.24) is 0 Å². The summed E-state index contributed by atoms with van der Waals surface area (Å²) in [6, 6.07) is 0. The Kier molecular flexibility index (Phi) is 3.10. The van der Waals surface area contributed by atoms with E-state index >= 15 is 0 Å². The molecule has 1 aliphatic rings. The van der Waals surface area contributed by atoms with Crippen molar-refractivity contribution in [3.8, 4) is 0 Å². The molecule has 0 aromatic heterocycles. The van der Waals surface area contributed by atoms with Gasteiger partial charge in [-0.25, -0.2) is 4.39 Å². The van der Waals surface area contributed by atoms with E-state index in [1.54, 1.807) is 0 Å². The van der Waals surface area contributed by atoms with Crippen LogP contribution < -0.4 is 0 Å². The first-order valence-electron chi connectivity index (χ1n) is 4.86. The van der Waals surface area contributed by atoms with E-state index in [2.05, 4.69) is 20.8 Å². The number of halogens is 1. The summed E-state index contributed by atoms with van der Waals surface area (Å²) in [6.45, 7) is 6.23. The number of alkyl halides is 1. The van der Waals surface area contributed by atoms with Crippen LogP contribution in [0.2, 0.25) is 0 Å². The van der Waals surface area contributed by atoms with E-state index in [1.807, 2.05) is 0 Å². The fourth-order valence-corrected chi connectivity index (χ4v) is 2.41. The molecule has 72 valence electrons. The van der Waals surface area contributed by atoms with Crippen molar-refractivity contribution in [3.63, 3.8) is 0 Å². The number of rotatable bonds is 1. The average Bonchev–Trinajstić information content (AvgIpc) is 1.97. The highest BCUT2D eigenvalue weighted by atomic mass is 19.1. The first-order valence-corrected chi connectivity index (χ1v) is 4.86. The van der Waals surface area contributed by atoms with Gasteiger partial charge in [0.15, 0.2) is 0 Å². The van der Waals surface area contributed by atoms with Gasteiger partial charge in [0.1, 0.15) is 6.17 Å². The van der Waals surface area contributed by atoms with Crippen molar-refractivity contribution in [3.05, 3.63) is 0 Å². The van der Waals surface area contributed by atoms with Crippen LogP contribution in [0.3, 0.4) is 0 Å².